The number of carbonyl (C=O) groups excluding carboxylic acids is 1. The molecule has 2 unspecified atom stereocenters. The summed E-state index contributed by atoms with van der Waals surface area (Å²) in [5.41, 5.74) is 0. The lowest BCUT2D eigenvalue weighted by Gasteiger charge is -2.27. The molecule has 0 radical (unpaired) electrons. The summed E-state index contributed by atoms with van der Waals surface area (Å²) in [4.78, 5) is 14.6. The molecule has 1 saturated carbocycles. The molecular formula is C12H20N2O2S. The summed E-state index contributed by atoms with van der Waals surface area (Å²) in [7, 11) is 0. The molecular weight excluding hydrogens is 236 g/mol. The Kier molecular flexibility index (Phi) is 3.59. The summed E-state index contributed by atoms with van der Waals surface area (Å²) >= 11 is 1.82. The third-order valence-electron chi connectivity index (χ3n) is 3.76. The fourth-order valence-electron chi connectivity index (χ4n) is 2.56. The van der Waals surface area contributed by atoms with Crippen molar-refractivity contribution in [1.82, 2.24) is 10.2 Å². The van der Waals surface area contributed by atoms with Crippen molar-refractivity contribution in [3.63, 3.8) is 0 Å². The molecule has 4 nitrogen and oxygen atoms in total. The van der Waals surface area contributed by atoms with E-state index in [0.29, 0.717) is 17.9 Å². The van der Waals surface area contributed by atoms with Crippen LogP contribution in [0.25, 0.3) is 0 Å². The maximum atomic E-state index is 12.4. The maximum absolute atomic E-state index is 12.4. The van der Waals surface area contributed by atoms with Crippen molar-refractivity contribution in [2.75, 3.05) is 31.4 Å². The van der Waals surface area contributed by atoms with Crippen LogP contribution in [-0.2, 0) is 9.53 Å². The van der Waals surface area contributed by atoms with Crippen LogP contribution in [0.2, 0.25) is 0 Å². The monoisotopic (exact) mass is 256 g/mol. The minimum Gasteiger partial charge on any atom is -0.381 e. The van der Waals surface area contributed by atoms with Crippen LogP contribution in [0, 0.1) is 5.92 Å². The van der Waals surface area contributed by atoms with Crippen LogP contribution in [0.1, 0.15) is 19.3 Å². The number of nitrogens with one attached hydrogen (secondary N) is 1. The summed E-state index contributed by atoms with van der Waals surface area (Å²) in [6.07, 6.45) is 3.50. The SMILES string of the molecule is O=C(C1CSCN1)N(CC1CCOC1)C1CC1. The van der Waals surface area contributed by atoms with Gasteiger partial charge in [-0.1, -0.05) is 0 Å². The number of ether oxygens (including phenoxy) is 1. The fourth-order valence-corrected chi connectivity index (χ4v) is 3.50. The largest absolute Gasteiger partial charge is 0.381 e. The smallest absolute Gasteiger partial charge is 0.240 e. The molecule has 0 aromatic rings. The van der Waals surface area contributed by atoms with Gasteiger partial charge in [-0.2, -0.15) is 0 Å². The third kappa shape index (κ3) is 2.77. The second-order valence-corrected chi connectivity index (χ2v) is 6.25. The molecule has 96 valence electrons. The van der Waals surface area contributed by atoms with Gasteiger partial charge in [0.05, 0.1) is 12.6 Å². The number of rotatable bonds is 4. The molecule has 2 heterocycles. The van der Waals surface area contributed by atoms with E-state index in [-0.39, 0.29) is 6.04 Å². The average Bonchev–Trinajstić information content (AvgIpc) is 2.86. The van der Waals surface area contributed by atoms with Crippen LogP contribution in [-0.4, -0.2) is 54.3 Å². The predicted molar refractivity (Wildman–Crippen MR) is 67.9 cm³/mol. The Morgan fingerprint density at radius 1 is 1.41 bits per heavy atom. The van der Waals surface area contributed by atoms with Crippen LogP contribution in [0.15, 0.2) is 0 Å². The Labute approximate surface area is 106 Å². The van der Waals surface area contributed by atoms with Gasteiger partial charge in [0.25, 0.3) is 0 Å². The summed E-state index contributed by atoms with van der Waals surface area (Å²) < 4.78 is 5.41. The Hall–Kier alpha value is -0.260. The summed E-state index contributed by atoms with van der Waals surface area (Å²) in [5, 5.41) is 3.28. The van der Waals surface area contributed by atoms with Crippen LogP contribution < -0.4 is 5.32 Å². The van der Waals surface area contributed by atoms with Crippen molar-refractivity contribution in [2.24, 2.45) is 5.92 Å². The van der Waals surface area contributed by atoms with Crippen molar-refractivity contribution in [3.05, 3.63) is 0 Å². The third-order valence-corrected chi connectivity index (χ3v) is 4.70. The number of hydrogen-bond acceptors (Lipinski definition) is 4. The molecule has 2 saturated heterocycles. The first-order valence-electron chi connectivity index (χ1n) is 6.54. The molecule has 1 aliphatic carbocycles. The highest BCUT2D eigenvalue weighted by atomic mass is 32.2. The highest BCUT2D eigenvalue weighted by Crippen LogP contribution is 2.30. The van der Waals surface area contributed by atoms with Crippen molar-refractivity contribution < 1.29 is 9.53 Å². The Balaban J connectivity index is 1.60. The summed E-state index contributed by atoms with van der Waals surface area (Å²) in [6.45, 7) is 2.62. The number of hydrogen-bond donors (Lipinski definition) is 1. The first kappa shape index (κ1) is 11.8. The minimum atomic E-state index is 0.0583. The maximum Gasteiger partial charge on any atom is 0.240 e. The molecule has 3 aliphatic rings. The van der Waals surface area contributed by atoms with E-state index < -0.39 is 0 Å². The molecule has 0 aromatic carbocycles. The van der Waals surface area contributed by atoms with Gasteiger partial charge in [0.2, 0.25) is 5.91 Å². The van der Waals surface area contributed by atoms with E-state index in [9.17, 15) is 4.79 Å². The van der Waals surface area contributed by atoms with Crippen molar-refractivity contribution in [3.8, 4) is 0 Å². The van der Waals surface area contributed by atoms with Gasteiger partial charge < -0.3 is 9.64 Å². The van der Waals surface area contributed by atoms with E-state index in [4.69, 9.17) is 4.74 Å². The lowest BCUT2D eigenvalue weighted by Crippen LogP contribution is -2.47. The van der Waals surface area contributed by atoms with Gasteiger partial charge in [0.1, 0.15) is 0 Å². The lowest BCUT2D eigenvalue weighted by molar-refractivity contribution is -0.133. The van der Waals surface area contributed by atoms with E-state index in [2.05, 4.69) is 10.2 Å². The highest BCUT2D eigenvalue weighted by Gasteiger charge is 2.38. The zero-order chi connectivity index (χ0) is 11.7. The Morgan fingerprint density at radius 3 is 2.88 bits per heavy atom. The van der Waals surface area contributed by atoms with E-state index in [1.807, 2.05) is 11.8 Å². The molecule has 2 atom stereocenters. The topological polar surface area (TPSA) is 41.6 Å². The van der Waals surface area contributed by atoms with E-state index in [0.717, 1.165) is 37.8 Å². The predicted octanol–water partition coefficient (Wildman–Crippen LogP) is 0.676. The second-order valence-electron chi connectivity index (χ2n) is 5.22. The first-order valence-corrected chi connectivity index (χ1v) is 7.69. The molecule has 17 heavy (non-hydrogen) atoms. The molecule has 1 amide bonds. The summed E-state index contributed by atoms with van der Waals surface area (Å²) in [5.74, 6) is 2.74. The number of carbonyl (C=O) groups is 1. The van der Waals surface area contributed by atoms with Crippen molar-refractivity contribution >= 4 is 17.7 Å². The zero-order valence-corrected chi connectivity index (χ0v) is 10.9. The molecule has 0 bridgehead atoms. The molecule has 3 rings (SSSR count). The zero-order valence-electron chi connectivity index (χ0n) is 10.1. The van der Waals surface area contributed by atoms with Crippen molar-refractivity contribution in [2.45, 2.75) is 31.3 Å². The fraction of sp³-hybridized carbons (Fsp3) is 0.917. The van der Waals surface area contributed by atoms with Gasteiger partial charge in [-0.25, -0.2) is 0 Å². The van der Waals surface area contributed by atoms with Gasteiger partial charge in [-0.15, -0.1) is 11.8 Å². The van der Waals surface area contributed by atoms with E-state index >= 15 is 0 Å². The van der Waals surface area contributed by atoms with E-state index in [1.165, 1.54) is 12.8 Å². The molecule has 2 aliphatic heterocycles. The quantitative estimate of drug-likeness (QED) is 0.803. The Morgan fingerprint density at radius 2 is 2.29 bits per heavy atom. The second kappa shape index (κ2) is 5.16. The number of thioether (sulfide) groups is 1. The first-order chi connectivity index (χ1) is 8.34. The standard InChI is InChI=1S/C12H20N2O2S/c15-12(11-7-17-8-13-11)14(10-1-2-10)5-9-3-4-16-6-9/h9-11,13H,1-8H2. The minimum absolute atomic E-state index is 0.0583. The number of amides is 1. The molecule has 1 N–H and O–H groups in total. The lowest BCUT2D eigenvalue weighted by atomic mass is 10.1. The Bertz CT molecular complexity index is 284. The molecule has 5 heteroatoms. The highest BCUT2D eigenvalue weighted by molar-refractivity contribution is 7.99. The normalized spacial score (nSPS) is 32.9. The van der Waals surface area contributed by atoms with Crippen LogP contribution in [0.5, 0.6) is 0 Å². The molecule has 0 spiro atoms. The van der Waals surface area contributed by atoms with Crippen LogP contribution >= 0.6 is 11.8 Å². The molecule has 0 aromatic heterocycles. The van der Waals surface area contributed by atoms with Crippen molar-refractivity contribution in [1.29, 1.82) is 0 Å². The number of nitrogens with zero attached hydrogens (tertiary/aromatic N) is 1. The van der Waals surface area contributed by atoms with Crippen LogP contribution in [0.3, 0.4) is 0 Å². The summed E-state index contributed by atoms with van der Waals surface area (Å²) in [6, 6.07) is 0.582. The van der Waals surface area contributed by atoms with Crippen LogP contribution in [0.4, 0.5) is 0 Å². The average molecular weight is 256 g/mol. The van der Waals surface area contributed by atoms with E-state index in [1.54, 1.807) is 0 Å². The van der Waals surface area contributed by atoms with Gasteiger partial charge in [-0.05, 0) is 19.3 Å². The van der Waals surface area contributed by atoms with Gasteiger partial charge in [0, 0.05) is 36.7 Å². The molecule has 3 fully saturated rings. The van der Waals surface area contributed by atoms with Gasteiger partial charge in [0.15, 0.2) is 0 Å². The van der Waals surface area contributed by atoms with Gasteiger partial charge >= 0.3 is 0 Å². The van der Waals surface area contributed by atoms with Gasteiger partial charge in [-0.3, -0.25) is 10.1 Å².